The second kappa shape index (κ2) is 10.7. The minimum atomic E-state index is -5.02. The number of benzene rings is 1. The van der Waals surface area contributed by atoms with E-state index in [0.29, 0.717) is 24.9 Å². The summed E-state index contributed by atoms with van der Waals surface area (Å²) < 4.78 is 44.2. The van der Waals surface area contributed by atoms with Gasteiger partial charge in [0.05, 0.1) is 11.0 Å². The molecule has 3 atom stereocenters. The van der Waals surface area contributed by atoms with Crippen LogP contribution in [0.3, 0.4) is 0 Å². The topological polar surface area (TPSA) is 142 Å². The summed E-state index contributed by atoms with van der Waals surface area (Å²) in [6, 6.07) is 3.17. The number of nitro benzene ring substituents is 1. The molecule has 13 heteroatoms. The molecule has 3 N–H and O–H groups in total. The van der Waals surface area contributed by atoms with Gasteiger partial charge in [0.25, 0.3) is 5.69 Å². The second-order valence-electron chi connectivity index (χ2n) is 6.85. The van der Waals surface area contributed by atoms with Crippen LogP contribution in [0.5, 0.6) is 0 Å². The largest absolute Gasteiger partial charge is 0.403 e. The van der Waals surface area contributed by atoms with Crippen molar-refractivity contribution in [1.29, 1.82) is 0 Å². The third-order valence-electron chi connectivity index (χ3n) is 4.52. The molecular weight excluding hydrogens is 443 g/mol. The quantitative estimate of drug-likeness (QED) is 0.255. The Labute approximate surface area is 179 Å². The Morgan fingerprint density at radius 3 is 2.45 bits per heavy atom. The van der Waals surface area contributed by atoms with Crippen LogP contribution in [0.25, 0.3) is 0 Å². The standard InChI is InChI=1S/C18H20F3N3O6S/c19-18(20,21)12(15(25)30-16(26)14-2-1-7-23-14)9-31-17(27)13(22)8-10-3-5-11(6-4-10)24(28)29/h3-6,12-14,23H,1-2,7-9,22H2/t12?,13?,14-/m0/s1. The Morgan fingerprint density at radius 1 is 1.29 bits per heavy atom. The molecule has 0 radical (unpaired) electrons. The number of nitrogens with one attached hydrogen (secondary N) is 1. The molecule has 2 rings (SSSR count). The van der Waals surface area contributed by atoms with Crippen LogP contribution in [0.1, 0.15) is 18.4 Å². The van der Waals surface area contributed by atoms with Gasteiger partial charge in [0.1, 0.15) is 6.04 Å². The second-order valence-corrected chi connectivity index (χ2v) is 7.87. The van der Waals surface area contributed by atoms with Crippen molar-refractivity contribution in [2.75, 3.05) is 12.3 Å². The van der Waals surface area contributed by atoms with Crippen LogP contribution in [-0.2, 0) is 25.5 Å². The lowest BCUT2D eigenvalue weighted by molar-refractivity contribution is -0.384. The minimum Gasteiger partial charge on any atom is -0.391 e. The molecule has 0 saturated carbocycles. The number of non-ortho nitro benzene ring substituents is 1. The number of ether oxygens (including phenoxy) is 1. The first kappa shape index (κ1) is 24.8. The summed E-state index contributed by atoms with van der Waals surface area (Å²) in [6.07, 6.45) is -4.09. The number of nitrogens with zero attached hydrogens (tertiary/aromatic N) is 1. The van der Waals surface area contributed by atoms with Crippen molar-refractivity contribution in [3.05, 3.63) is 39.9 Å². The minimum absolute atomic E-state index is 0.0587. The zero-order valence-electron chi connectivity index (χ0n) is 16.1. The molecule has 1 aliphatic heterocycles. The van der Waals surface area contributed by atoms with Crippen LogP contribution >= 0.6 is 11.8 Å². The Balaban J connectivity index is 1.92. The van der Waals surface area contributed by atoms with Gasteiger partial charge < -0.3 is 15.8 Å². The monoisotopic (exact) mass is 463 g/mol. The molecule has 0 bridgehead atoms. The van der Waals surface area contributed by atoms with Crippen molar-refractivity contribution >= 4 is 34.5 Å². The number of hydrogen-bond donors (Lipinski definition) is 2. The van der Waals surface area contributed by atoms with Crippen LogP contribution in [0.4, 0.5) is 18.9 Å². The average Bonchev–Trinajstić information content (AvgIpc) is 3.22. The van der Waals surface area contributed by atoms with Gasteiger partial charge in [-0.25, -0.2) is 4.79 Å². The maximum atomic E-state index is 13.3. The van der Waals surface area contributed by atoms with Gasteiger partial charge in [-0.1, -0.05) is 23.9 Å². The lowest BCUT2D eigenvalue weighted by Crippen LogP contribution is -2.40. The van der Waals surface area contributed by atoms with E-state index in [1.807, 2.05) is 0 Å². The third-order valence-corrected chi connectivity index (χ3v) is 5.61. The Bertz CT molecular complexity index is 828. The molecule has 170 valence electrons. The molecule has 0 aromatic heterocycles. The van der Waals surface area contributed by atoms with Crippen molar-refractivity contribution in [3.8, 4) is 0 Å². The van der Waals surface area contributed by atoms with Gasteiger partial charge in [0, 0.05) is 17.9 Å². The fraction of sp³-hybridized carbons (Fsp3) is 0.500. The highest BCUT2D eigenvalue weighted by Crippen LogP contribution is 2.31. The number of nitrogens with two attached hydrogens (primary N) is 1. The SMILES string of the molecule is NC(Cc1ccc([N+](=O)[O-])cc1)C(=O)SCC(C(=O)OC(=O)[C@@H]1CCCN1)C(F)(F)F. The summed E-state index contributed by atoms with van der Waals surface area (Å²) in [5.41, 5.74) is 6.04. The molecule has 0 amide bonds. The number of halogens is 3. The van der Waals surface area contributed by atoms with E-state index in [0.717, 1.165) is 0 Å². The van der Waals surface area contributed by atoms with Crippen molar-refractivity contribution in [1.82, 2.24) is 5.32 Å². The molecule has 31 heavy (non-hydrogen) atoms. The van der Waals surface area contributed by atoms with Gasteiger partial charge in [-0.3, -0.25) is 19.7 Å². The lowest BCUT2D eigenvalue weighted by Gasteiger charge is -2.19. The highest BCUT2D eigenvalue weighted by Gasteiger charge is 2.47. The number of rotatable bonds is 8. The van der Waals surface area contributed by atoms with Gasteiger partial charge in [-0.2, -0.15) is 13.2 Å². The average molecular weight is 463 g/mol. The summed E-state index contributed by atoms with van der Waals surface area (Å²) in [5.74, 6) is -6.50. The van der Waals surface area contributed by atoms with Crippen molar-refractivity contribution in [3.63, 3.8) is 0 Å². The number of esters is 2. The smallest absolute Gasteiger partial charge is 0.391 e. The molecule has 0 aliphatic carbocycles. The molecule has 1 aliphatic rings. The van der Waals surface area contributed by atoms with E-state index in [1.165, 1.54) is 24.3 Å². The third kappa shape index (κ3) is 7.29. The van der Waals surface area contributed by atoms with Crippen molar-refractivity contribution < 1.29 is 37.2 Å². The van der Waals surface area contributed by atoms with E-state index < -0.39 is 51.9 Å². The van der Waals surface area contributed by atoms with Crippen LogP contribution < -0.4 is 11.1 Å². The Morgan fingerprint density at radius 2 is 1.94 bits per heavy atom. The van der Waals surface area contributed by atoms with E-state index >= 15 is 0 Å². The van der Waals surface area contributed by atoms with Crippen LogP contribution in [-0.4, -0.2) is 52.5 Å². The van der Waals surface area contributed by atoms with Crippen LogP contribution in [0.2, 0.25) is 0 Å². The summed E-state index contributed by atoms with van der Waals surface area (Å²) in [7, 11) is 0. The zero-order chi connectivity index (χ0) is 23.2. The molecule has 1 aromatic rings. The fourth-order valence-corrected chi connectivity index (χ4v) is 3.74. The predicted molar refractivity (Wildman–Crippen MR) is 104 cm³/mol. The lowest BCUT2D eigenvalue weighted by atomic mass is 10.1. The van der Waals surface area contributed by atoms with E-state index in [1.54, 1.807) is 0 Å². The molecule has 2 unspecified atom stereocenters. The number of hydrogen-bond acceptors (Lipinski definition) is 9. The molecule has 0 spiro atoms. The number of carbonyl (C=O) groups is 3. The van der Waals surface area contributed by atoms with E-state index in [9.17, 15) is 37.7 Å². The molecular formula is C18H20F3N3O6S. The van der Waals surface area contributed by atoms with E-state index in [2.05, 4.69) is 10.1 Å². The first-order valence-electron chi connectivity index (χ1n) is 9.20. The first-order chi connectivity index (χ1) is 14.5. The van der Waals surface area contributed by atoms with E-state index in [-0.39, 0.29) is 23.9 Å². The van der Waals surface area contributed by atoms with Gasteiger partial charge in [-0.15, -0.1) is 0 Å². The molecule has 1 aromatic carbocycles. The van der Waals surface area contributed by atoms with E-state index in [4.69, 9.17) is 5.73 Å². The normalized spacial score (nSPS) is 18.3. The summed E-state index contributed by atoms with van der Waals surface area (Å²) in [5, 5.41) is 12.6. The van der Waals surface area contributed by atoms with Gasteiger partial charge >= 0.3 is 18.1 Å². The Kier molecular flexibility index (Phi) is 8.53. The Hall–Kier alpha value is -2.51. The maximum Gasteiger partial charge on any atom is 0.403 e. The zero-order valence-corrected chi connectivity index (χ0v) is 16.9. The predicted octanol–water partition coefficient (Wildman–Crippen LogP) is 1.72. The number of thioether (sulfide) groups is 1. The summed E-state index contributed by atoms with van der Waals surface area (Å²) in [4.78, 5) is 45.9. The number of alkyl halides is 3. The highest BCUT2D eigenvalue weighted by molar-refractivity contribution is 8.13. The number of carbonyl (C=O) groups excluding carboxylic acids is 3. The van der Waals surface area contributed by atoms with Crippen LogP contribution in [0.15, 0.2) is 24.3 Å². The van der Waals surface area contributed by atoms with Gasteiger partial charge in [0.15, 0.2) is 5.92 Å². The summed E-state index contributed by atoms with van der Waals surface area (Å²) in [6.45, 7) is 0.494. The highest BCUT2D eigenvalue weighted by atomic mass is 32.2. The van der Waals surface area contributed by atoms with Crippen molar-refractivity contribution in [2.45, 2.75) is 37.5 Å². The maximum absolute atomic E-state index is 13.3. The first-order valence-corrected chi connectivity index (χ1v) is 10.2. The summed E-state index contributed by atoms with van der Waals surface area (Å²) >= 11 is 0.215. The molecule has 1 saturated heterocycles. The molecule has 1 heterocycles. The van der Waals surface area contributed by atoms with Gasteiger partial charge in [-0.05, 0) is 31.4 Å². The fourth-order valence-electron chi connectivity index (χ4n) is 2.79. The molecule has 9 nitrogen and oxygen atoms in total. The number of nitro groups is 1. The van der Waals surface area contributed by atoms with Gasteiger partial charge in [0.2, 0.25) is 5.12 Å². The van der Waals surface area contributed by atoms with Crippen molar-refractivity contribution in [2.24, 2.45) is 11.7 Å². The van der Waals surface area contributed by atoms with Crippen LogP contribution in [0, 0.1) is 16.0 Å². The molecule has 1 fully saturated rings.